The van der Waals surface area contributed by atoms with Crippen molar-refractivity contribution in [1.82, 2.24) is 4.90 Å². The number of rotatable bonds is 3. The standard InChI is InChI=1S/C19H25NO/c21-19(18-11-12-18,17-9-4-3-5-10-17)13-8-16-20-14-6-1-2-7-15-20/h3-5,9-10,18,21H,1-2,6-7,11-12,14-16H2/t19-/m1/s1. The van der Waals surface area contributed by atoms with Crippen LogP contribution in [0.1, 0.15) is 44.1 Å². The molecule has 2 nitrogen and oxygen atoms in total. The highest BCUT2D eigenvalue weighted by atomic mass is 16.3. The predicted molar refractivity (Wildman–Crippen MR) is 85.7 cm³/mol. The molecule has 112 valence electrons. The van der Waals surface area contributed by atoms with Crippen LogP contribution in [-0.4, -0.2) is 29.6 Å². The Hall–Kier alpha value is -1.30. The van der Waals surface area contributed by atoms with Crippen LogP contribution in [-0.2, 0) is 5.60 Å². The second kappa shape index (κ2) is 6.64. The second-order valence-corrected chi connectivity index (χ2v) is 6.40. The third-order valence-corrected chi connectivity index (χ3v) is 4.66. The van der Waals surface area contributed by atoms with E-state index in [2.05, 4.69) is 16.7 Å². The van der Waals surface area contributed by atoms with Crippen LogP contribution in [0.3, 0.4) is 0 Å². The van der Waals surface area contributed by atoms with Crippen LogP contribution in [0.4, 0.5) is 0 Å². The van der Waals surface area contributed by atoms with E-state index in [-0.39, 0.29) is 0 Å². The first-order valence-corrected chi connectivity index (χ1v) is 8.29. The van der Waals surface area contributed by atoms with E-state index in [9.17, 15) is 5.11 Å². The molecule has 1 heterocycles. The third kappa shape index (κ3) is 3.67. The summed E-state index contributed by atoms with van der Waals surface area (Å²) >= 11 is 0. The number of aliphatic hydroxyl groups is 1. The number of likely N-dealkylation sites (tertiary alicyclic amines) is 1. The molecule has 1 aliphatic carbocycles. The molecule has 0 radical (unpaired) electrons. The van der Waals surface area contributed by atoms with Crippen LogP contribution in [0, 0.1) is 17.8 Å². The summed E-state index contributed by atoms with van der Waals surface area (Å²) in [6.07, 6.45) is 7.44. The van der Waals surface area contributed by atoms with Crippen molar-refractivity contribution in [2.75, 3.05) is 19.6 Å². The zero-order chi connectivity index (χ0) is 14.5. The van der Waals surface area contributed by atoms with Gasteiger partial charge in [0.2, 0.25) is 0 Å². The Bertz CT molecular complexity index is 503. The van der Waals surface area contributed by atoms with Gasteiger partial charge in [-0.15, -0.1) is 0 Å². The minimum Gasteiger partial charge on any atom is -0.373 e. The summed E-state index contributed by atoms with van der Waals surface area (Å²) in [5, 5.41) is 11.0. The fraction of sp³-hybridized carbons (Fsp3) is 0.579. The molecule has 3 rings (SSSR count). The van der Waals surface area contributed by atoms with Crippen LogP contribution in [0.25, 0.3) is 0 Å². The van der Waals surface area contributed by atoms with Gasteiger partial charge in [-0.1, -0.05) is 55.0 Å². The lowest BCUT2D eigenvalue weighted by Crippen LogP contribution is -2.28. The van der Waals surface area contributed by atoms with E-state index in [1.54, 1.807) is 0 Å². The van der Waals surface area contributed by atoms with E-state index in [1.807, 2.05) is 30.3 Å². The van der Waals surface area contributed by atoms with Crippen LogP contribution in [0.2, 0.25) is 0 Å². The molecule has 1 saturated carbocycles. The Morgan fingerprint density at radius 3 is 2.33 bits per heavy atom. The molecule has 1 aromatic rings. The topological polar surface area (TPSA) is 23.5 Å². The molecule has 21 heavy (non-hydrogen) atoms. The van der Waals surface area contributed by atoms with E-state index in [1.165, 1.54) is 25.7 Å². The zero-order valence-electron chi connectivity index (χ0n) is 12.7. The van der Waals surface area contributed by atoms with E-state index in [4.69, 9.17) is 0 Å². The van der Waals surface area contributed by atoms with Gasteiger partial charge in [-0.25, -0.2) is 0 Å². The first kappa shape index (κ1) is 14.6. The number of benzene rings is 1. The molecule has 0 amide bonds. The Labute approximate surface area is 128 Å². The van der Waals surface area contributed by atoms with Crippen molar-refractivity contribution in [2.45, 2.75) is 44.1 Å². The van der Waals surface area contributed by atoms with Crippen molar-refractivity contribution in [3.8, 4) is 11.8 Å². The Balaban J connectivity index is 1.70. The van der Waals surface area contributed by atoms with Crippen molar-refractivity contribution >= 4 is 0 Å². The quantitative estimate of drug-likeness (QED) is 0.861. The van der Waals surface area contributed by atoms with Gasteiger partial charge in [-0.05, 0) is 44.3 Å². The smallest absolute Gasteiger partial charge is 0.153 e. The summed E-state index contributed by atoms with van der Waals surface area (Å²) in [6, 6.07) is 9.96. The van der Waals surface area contributed by atoms with Gasteiger partial charge >= 0.3 is 0 Å². The largest absolute Gasteiger partial charge is 0.373 e. The monoisotopic (exact) mass is 283 g/mol. The summed E-state index contributed by atoms with van der Waals surface area (Å²) in [5.74, 6) is 6.79. The van der Waals surface area contributed by atoms with Crippen LogP contribution in [0.15, 0.2) is 30.3 Å². The van der Waals surface area contributed by atoms with Crippen molar-refractivity contribution in [3.63, 3.8) is 0 Å². The Morgan fingerprint density at radius 2 is 1.71 bits per heavy atom. The van der Waals surface area contributed by atoms with Gasteiger partial charge < -0.3 is 5.11 Å². The second-order valence-electron chi connectivity index (χ2n) is 6.40. The number of nitrogens with zero attached hydrogens (tertiary/aromatic N) is 1. The highest BCUT2D eigenvalue weighted by molar-refractivity contribution is 5.34. The maximum Gasteiger partial charge on any atom is 0.153 e. The highest BCUT2D eigenvalue weighted by Gasteiger charge is 2.43. The fourth-order valence-electron chi connectivity index (χ4n) is 3.18. The number of hydrogen-bond donors (Lipinski definition) is 1. The molecule has 1 aromatic carbocycles. The van der Waals surface area contributed by atoms with Crippen molar-refractivity contribution in [2.24, 2.45) is 5.92 Å². The normalized spacial score (nSPS) is 22.7. The van der Waals surface area contributed by atoms with E-state index < -0.39 is 5.60 Å². The molecule has 0 unspecified atom stereocenters. The van der Waals surface area contributed by atoms with Gasteiger partial charge in [-0.2, -0.15) is 0 Å². The lowest BCUT2D eigenvalue weighted by Gasteiger charge is -2.23. The predicted octanol–water partition coefficient (Wildman–Crippen LogP) is 3.16. The van der Waals surface area contributed by atoms with E-state index >= 15 is 0 Å². The Morgan fingerprint density at radius 1 is 1.05 bits per heavy atom. The van der Waals surface area contributed by atoms with Crippen LogP contribution < -0.4 is 0 Å². The van der Waals surface area contributed by atoms with Crippen LogP contribution in [0.5, 0.6) is 0 Å². The third-order valence-electron chi connectivity index (χ3n) is 4.66. The SMILES string of the molecule is O[C@](C#CCN1CCCCCC1)(c1ccccc1)C1CC1. The van der Waals surface area contributed by atoms with Gasteiger partial charge in [0.05, 0.1) is 6.54 Å². The fourth-order valence-corrected chi connectivity index (χ4v) is 3.18. The first-order valence-electron chi connectivity index (χ1n) is 8.29. The van der Waals surface area contributed by atoms with Crippen LogP contribution >= 0.6 is 0 Å². The molecule has 1 N–H and O–H groups in total. The first-order chi connectivity index (χ1) is 10.3. The molecule has 1 atom stereocenters. The summed E-state index contributed by atoms with van der Waals surface area (Å²) < 4.78 is 0. The molecule has 0 bridgehead atoms. The Kier molecular flexibility index (Phi) is 4.63. The molecule has 2 aliphatic rings. The van der Waals surface area contributed by atoms with Gasteiger partial charge in [0.25, 0.3) is 0 Å². The number of hydrogen-bond acceptors (Lipinski definition) is 2. The molecule has 1 aliphatic heterocycles. The van der Waals surface area contributed by atoms with E-state index in [0.717, 1.165) is 38.0 Å². The molecular weight excluding hydrogens is 258 g/mol. The van der Waals surface area contributed by atoms with Gasteiger partial charge in [0.15, 0.2) is 5.60 Å². The van der Waals surface area contributed by atoms with Crippen molar-refractivity contribution in [1.29, 1.82) is 0 Å². The lowest BCUT2D eigenvalue weighted by molar-refractivity contribution is 0.0755. The summed E-state index contributed by atoms with van der Waals surface area (Å²) in [4.78, 5) is 2.43. The minimum atomic E-state index is -0.937. The van der Waals surface area contributed by atoms with Crippen molar-refractivity contribution in [3.05, 3.63) is 35.9 Å². The summed E-state index contributed by atoms with van der Waals surface area (Å²) in [6.45, 7) is 3.10. The highest BCUT2D eigenvalue weighted by Crippen LogP contribution is 2.45. The molecule has 1 saturated heterocycles. The minimum absolute atomic E-state index is 0.316. The average Bonchev–Trinajstić information content (AvgIpc) is 3.36. The average molecular weight is 283 g/mol. The molecule has 0 spiro atoms. The van der Waals surface area contributed by atoms with E-state index in [0.29, 0.717) is 5.92 Å². The summed E-state index contributed by atoms with van der Waals surface area (Å²) in [5.41, 5.74) is 0.0171. The molecule has 0 aromatic heterocycles. The summed E-state index contributed by atoms with van der Waals surface area (Å²) in [7, 11) is 0. The van der Waals surface area contributed by atoms with Gasteiger partial charge in [-0.3, -0.25) is 4.90 Å². The van der Waals surface area contributed by atoms with Gasteiger partial charge in [0.1, 0.15) is 0 Å². The lowest BCUT2D eigenvalue weighted by atomic mass is 9.89. The maximum absolute atomic E-state index is 11.0. The molecular formula is C19H25NO. The van der Waals surface area contributed by atoms with Gasteiger partial charge in [0, 0.05) is 5.92 Å². The maximum atomic E-state index is 11.0. The molecule has 2 fully saturated rings. The molecule has 2 heteroatoms. The van der Waals surface area contributed by atoms with Crippen molar-refractivity contribution < 1.29 is 5.11 Å². The zero-order valence-corrected chi connectivity index (χ0v) is 12.7.